The van der Waals surface area contributed by atoms with Crippen LogP contribution >= 0.6 is 0 Å². The van der Waals surface area contributed by atoms with Crippen LogP contribution in [0.1, 0.15) is 73.1 Å². The van der Waals surface area contributed by atoms with E-state index in [1.165, 1.54) is 0 Å². The third-order valence-electron chi connectivity index (χ3n) is 6.61. The smallest absolute Gasteiger partial charge is 0.335 e. The van der Waals surface area contributed by atoms with E-state index < -0.39 is 5.97 Å². The molecule has 6 nitrogen and oxygen atoms in total. The van der Waals surface area contributed by atoms with Crippen molar-refractivity contribution in [3.8, 4) is 5.75 Å². The number of ether oxygens (including phenoxy) is 1. The largest absolute Gasteiger partial charge is 0.426 e. The molecule has 0 saturated heterocycles. The van der Waals surface area contributed by atoms with E-state index in [0.717, 1.165) is 41.5 Å². The van der Waals surface area contributed by atoms with E-state index in [0.29, 0.717) is 18.6 Å². The van der Waals surface area contributed by atoms with Crippen LogP contribution in [-0.2, 0) is 20.8 Å². The van der Waals surface area contributed by atoms with Gasteiger partial charge in [-0.3, -0.25) is 4.79 Å². The van der Waals surface area contributed by atoms with Crippen LogP contribution in [0.4, 0.5) is 0 Å². The molecule has 6 heteroatoms. The maximum atomic E-state index is 12.6. The minimum absolute atomic E-state index is 0.198. The molecule has 1 aliphatic rings. The summed E-state index contributed by atoms with van der Waals surface area (Å²) in [6.45, 7) is 1.78. The molecule has 0 aliphatic heterocycles. The van der Waals surface area contributed by atoms with Crippen LogP contribution < -0.4 is 10.5 Å². The predicted octanol–water partition coefficient (Wildman–Crippen LogP) is 5.85. The first kappa shape index (κ1) is 25.2. The first-order valence-electron chi connectivity index (χ1n) is 12.5. The second-order valence-corrected chi connectivity index (χ2v) is 9.01. The Morgan fingerprint density at radius 1 is 0.944 bits per heavy atom. The highest BCUT2D eigenvalue weighted by atomic mass is 16.7. The molecule has 0 heterocycles. The molecule has 0 spiro atoms. The van der Waals surface area contributed by atoms with Crippen molar-refractivity contribution in [2.75, 3.05) is 0 Å². The minimum atomic E-state index is -0.418. The molecule has 0 amide bonds. The molecule has 3 aromatic rings. The number of fused-ring (bicyclic) bond motifs is 1. The first-order chi connectivity index (χ1) is 17.6. The Morgan fingerprint density at radius 2 is 1.61 bits per heavy atom. The monoisotopic (exact) mass is 484 g/mol. The zero-order valence-electron chi connectivity index (χ0n) is 20.6. The van der Waals surface area contributed by atoms with Gasteiger partial charge < -0.3 is 15.3 Å². The summed E-state index contributed by atoms with van der Waals surface area (Å²) in [7, 11) is 0. The Morgan fingerprint density at radius 3 is 2.25 bits per heavy atom. The Labute approximate surface area is 212 Å². The highest BCUT2D eigenvalue weighted by molar-refractivity contribution is 5.90. The van der Waals surface area contributed by atoms with Crippen molar-refractivity contribution < 1.29 is 19.2 Å². The van der Waals surface area contributed by atoms with Crippen molar-refractivity contribution >= 4 is 17.8 Å². The minimum Gasteiger partial charge on any atom is -0.426 e. The van der Waals surface area contributed by atoms with E-state index in [-0.39, 0.29) is 30.1 Å². The summed E-state index contributed by atoms with van der Waals surface area (Å²) in [5.74, 6) is 0.0920. The topological polar surface area (TPSA) is 91.0 Å². The highest BCUT2D eigenvalue weighted by Crippen LogP contribution is 2.39. The summed E-state index contributed by atoms with van der Waals surface area (Å²) in [5.41, 5.74) is 10.5. The highest BCUT2D eigenvalue weighted by Gasteiger charge is 2.25. The van der Waals surface area contributed by atoms with E-state index in [9.17, 15) is 9.59 Å². The number of benzene rings is 3. The number of nitrogens with zero attached hydrogens (tertiary/aromatic N) is 1. The lowest BCUT2D eigenvalue weighted by atomic mass is 9.80. The van der Waals surface area contributed by atoms with Gasteiger partial charge in [-0.15, -0.1) is 0 Å². The van der Waals surface area contributed by atoms with E-state index in [1.807, 2.05) is 72.8 Å². The van der Waals surface area contributed by atoms with Crippen molar-refractivity contribution in [3.63, 3.8) is 0 Å². The van der Waals surface area contributed by atoms with Gasteiger partial charge in [-0.25, -0.2) is 4.79 Å². The van der Waals surface area contributed by atoms with Gasteiger partial charge in [-0.05, 0) is 59.9 Å². The average molecular weight is 485 g/mol. The SMILES string of the molecule is CCC(=O)Oc1cccc2c1CCCC2CCC(=O)ON=C(N)C(c1ccccc1)c1ccccc1. The number of rotatable bonds is 9. The van der Waals surface area contributed by atoms with Crippen molar-refractivity contribution in [1.29, 1.82) is 0 Å². The Kier molecular flexibility index (Phi) is 8.50. The number of amidine groups is 1. The summed E-state index contributed by atoms with van der Waals surface area (Å²) in [6.07, 6.45) is 4.01. The van der Waals surface area contributed by atoms with Gasteiger partial charge in [0, 0.05) is 12.8 Å². The third kappa shape index (κ3) is 6.19. The fourth-order valence-electron chi connectivity index (χ4n) is 4.82. The number of nitrogens with two attached hydrogens (primary N) is 1. The standard InChI is InChI=1S/C30H32N2O4/c1-2-27(33)35-26-18-10-16-24-21(15-9-17-25(24)26)19-20-28(34)36-32-30(31)29(22-11-5-3-6-12-22)23-13-7-4-8-14-23/h3-8,10-14,16,18,21,29H,2,9,15,17,19-20H2,1H3,(H2,31,32). The van der Waals surface area contributed by atoms with Crippen molar-refractivity contribution in [1.82, 2.24) is 0 Å². The quantitative estimate of drug-likeness (QED) is 0.103. The molecule has 1 atom stereocenters. The number of esters is 1. The molecule has 3 aromatic carbocycles. The van der Waals surface area contributed by atoms with Gasteiger partial charge in [-0.1, -0.05) is 84.9 Å². The summed E-state index contributed by atoms with van der Waals surface area (Å²) in [4.78, 5) is 29.7. The lowest BCUT2D eigenvalue weighted by molar-refractivity contribution is -0.144. The van der Waals surface area contributed by atoms with Crippen molar-refractivity contribution in [2.24, 2.45) is 10.9 Å². The van der Waals surface area contributed by atoms with Crippen molar-refractivity contribution in [2.45, 2.75) is 57.3 Å². The van der Waals surface area contributed by atoms with Gasteiger partial charge >= 0.3 is 11.9 Å². The van der Waals surface area contributed by atoms with E-state index >= 15 is 0 Å². The van der Waals surface area contributed by atoms with E-state index in [4.69, 9.17) is 15.3 Å². The van der Waals surface area contributed by atoms with Crippen LogP contribution in [0.15, 0.2) is 84.0 Å². The Balaban J connectivity index is 1.41. The van der Waals surface area contributed by atoms with Crippen LogP contribution in [0.5, 0.6) is 5.75 Å². The molecule has 0 aromatic heterocycles. The second kappa shape index (κ2) is 12.2. The van der Waals surface area contributed by atoms with E-state index in [2.05, 4.69) is 11.2 Å². The summed E-state index contributed by atoms with van der Waals surface area (Å²) >= 11 is 0. The van der Waals surface area contributed by atoms with Crippen LogP contribution in [0.2, 0.25) is 0 Å². The number of hydrogen-bond donors (Lipinski definition) is 1. The molecule has 1 aliphatic carbocycles. The van der Waals surface area contributed by atoms with Crippen LogP contribution in [0.3, 0.4) is 0 Å². The molecule has 0 fully saturated rings. The second-order valence-electron chi connectivity index (χ2n) is 9.01. The molecule has 36 heavy (non-hydrogen) atoms. The van der Waals surface area contributed by atoms with E-state index in [1.54, 1.807) is 6.92 Å². The first-order valence-corrected chi connectivity index (χ1v) is 12.5. The van der Waals surface area contributed by atoms with Gasteiger partial charge in [0.25, 0.3) is 0 Å². The summed E-state index contributed by atoms with van der Waals surface area (Å²) in [5, 5.41) is 4.03. The van der Waals surface area contributed by atoms with Gasteiger partial charge in [0.2, 0.25) is 0 Å². The predicted molar refractivity (Wildman–Crippen MR) is 140 cm³/mol. The maximum absolute atomic E-state index is 12.6. The Bertz CT molecular complexity index is 1170. The average Bonchev–Trinajstić information content (AvgIpc) is 2.92. The molecule has 1 unspecified atom stereocenters. The molecule has 4 rings (SSSR count). The fourth-order valence-corrected chi connectivity index (χ4v) is 4.82. The Hall–Kier alpha value is -3.93. The molecule has 0 radical (unpaired) electrons. The van der Waals surface area contributed by atoms with Crippen LogP contribution in [0, 0.1) is 0 Å². The van der Waals surface area contributed by atoms with Gasteiger partial charge in [-0.2, -0.15) is 0 Å². The fraction of sp³-hybridized carbons (Fsp3) is 0.300. The lowest BCUT2D eigenvalue weighted by Crippen LogP contribution is -2.24. The van der Waals surface area contributed by atoms with Crippen LogP contribution in [-0.4, -0.2) is 17.8 Å². The van der Waals surface area contributed by atoms with Gasteiger partial charge in [0.1, 0.15) is 5.75 Å². The molecular formula is C30H32N2O4. The summed E-state index contributed by atoms with van der Waals surface area (Å²) < 4.78 is 5.53. The van der Waals surface area contributed by atoms with Crippen molar-refractivity contribution in [3.05, 3.63) is 101 Å². The normalized spacial score (nSPS) is 15.3. The number of carbonyl (C=O) groups excluding carboxylic acids is 2. The maximum Gasteiger partial charge on any atom is 0.335 e. The molecule has 0 bridgehead atoms. The number of carbonyl (C=O) groups is 2. The summed E-state index contributed by atoms with van der Waals surface area (Å²) in [6, 6.07) is 25.4. The molecule has 0 saturated carbocycles. The zero-order chi connectivity index (χ0) is 25.3. The van der Waals surface area contributed by atoms with Gasteiger partial charge in [0.05, 0.1) is 5.92 Å². The number of hydrogen-bond acceptors (Lipinski definition) is 5. The van der Waals surface area contributed by atoms with Gasteiger partial charge in [0.15, 0.2) is 5.84 Å². The molecule has 186 valence electrons. The molecular weight excluding hydrogens is 452 g/mol. The third-order valence-corrected chi connectivity index (χ3v) is 6.61. The van der Waals surface area contributed by atoms with Crippen LogP contribution in [0.25, 0.3) is 0 Å². The number of oxime groups is 1. The zero-order valence-corrected chi connectivity index (χ0v) is 20.6. The molecule has 2 N–H and O–H groups in total. The lowest BCUT2D eigenvalue weighted by Gasteiger charge is -2.26.